The predicted octanol–water partition coefficient (Wildman–Crippen LogP) is 1.84. The van der Waals surface area contributed by atoms with E-state index >= 15 is 0 Å². The summed E-state index contributed by atoms with van der Waals surface area (Å²) in [5.41, 5.74) is 0. The largest absolute Gasteiger partial charge is 0.241 e. The average Bonchev–Trinajstić information content (AvgIpc) is 2.01. The van der Waals surface area contributed by atoms with Crippen LogP contribution in [0.1, 0.15) is 25.7 Å². The lowest BCUT2D eigenvalue weighted by Gasteiger charge is -2.28. The second-order valence-corrected chi connectivity index (χ2v) is 6.74. The molecule has 5 heteroatoms. The van der Waals surface area contributed by atoms with Gasteiger partial charge in [0, 0.05) is 17.5 Å². The molecular weight excluding hydrogens is 204 g/mol. The minimum absolute atomic E-state index is 0.293. The molecule has 0 heterocycles. The Balaban J connectivity index is 2.43. The molecule has 1 aliphatic carbocycles. The van der Waals surface area contributed by atoms with E-state index < -0.39 is 9.92 Å². The first-order valence-corrected chi connectivity index (χ1v) is 7.80. The third kappa shape index (κ3) is 4.33. The van der Waals surface area contributed by atoms with Gasteiger partial charge in [-0.1, -0.05) is 6.42 Å². The lowest BCUT2D eigenvalue weighted by molar-refractivity contribution is 0.427. The highest BCUT2D eigenvalue weighted by atomic mass is 32.2. The monoisotopic (exact) mass is 222 g/mol. The van der Waals surface area contributed by atoms with Crippen LogP contribution in [0.15, 0.2) is 0 Å². The van der Waals surface area contributed by atoms with Crippen LogP contribution < -0.4 is 4.72 Å². The molecule has 3 nitrogen and oxygen atoms in total. The third-order valence-electron chi connectivity index (χ3n) is 2.35. The average molecular weight is 222 g/mol. The summed E-state index contributed by atoms with van der Waals surface area (Å²) in [6.07, 6.45) is 8.17. The van der Waals surface area contributed by atoms with E-state index in [1.54, 1.807) is 0 Å². The van der Waals surface area contributed by atoms with E-state index in [1.165, 1.54) is 19.1 Å². The molecule has 1 rings (SSSR count). The number of nitrogens with one attached hydrogen (secondary N) is 2. The first-order chi connectivity index (χ1) is 6.01. The molecule has 0 aliphatic heterocycles. The van der Waals surface area contributed by atoms with Gasteiger partial charge in [0.1, 0.15) is 9.92 Å². The van der Waals surface area contributed by atoms with E-state index in [4.69, 9.17) is 4.78 Å². The molecule has 2 N–H and O–H groups in total. The minimum Gasteiger partial charge on any atom is -0.241 e. The third-order valence-corrected chi connectivity index (χ3v) is 4.23. The first kappa shape index (κ1) is 11.3. The van der Waals surface area contributed by atoms with Gasteiger partial charge in [0.2, 0.25) is 0 Å². The zero-order valence-corrected chi connectivity index (χ0v) is 9.84. The van der Waals surface area contributed by atoms with Crippen molar-refractivity contribution in [3.05, 3.63) is 0 Å². The Morgan fingerprint density at radius 2 is 2.23 bits per heavy atom. The lowest BCUT2D eigenvalue weighted by Crippen LogP contribution is -2.37. The molecule has 1 fully saturated rings. The molecular formula is C8H18N2OS2. The van der Waals surface area contributed by atoms with Gasteiger partial charge in [0.05, 0.1) is 0 Å². The molecule has 0 bridgehead atoms. The summed E-state index contributed by atoms with van der Waals surface area (Å²) in [4.78, 5) is 0. The van der Waals surface area contributed by atoms with Crippen LogP contribution in [-0.2, 0) is 9.92 Å². The van der Waals surface area contributed by atoms with Gasteiger partial charge < -0.3 is 0 Å². The number of hydrogen-bond donors (Lipinski definition) is 2. The van der Waals surface area contributed by atoms with Crippen LogP contribution in [0, 0.1) is 4.78 Å². The molecule has 0 radical (unpaired) electrons. The molecule has 1 saturated carbocycles. The van der Waals surface area contributed by atoms with E-state index in [0.717, 1.165) is 12.8 Å². The van der Waals surface area contributed by atoms with Crippen LogP contribution in [0.25, 0.3) is 0 Å². The van der Waals surface area contributed by atoms with Crippen LogP contribution in [0.2, 0.25) is 0 Å². The highest BCUT2D eigenvalue weighted by Crippen LogP contribution is 2.27. The molecule has 0 spiro atoms. The van der Waals surface area contributed by atoms with Gasteiger partial charge in [-0.2, -0.15) is 11.8 Å². The van der Waals surface area contributed by atoms with Crippen LogP contribution in [0.5, 0.6) is 0 Å². The molecule has 0 aromatic heterocycles. The van der Waals surface area contributed by atoms with Crippen molar-refractivity contribution in [1.29, 1.82) is 4.78 Å². The Morgan fingerprint density at radius 1 is 1.54 bits per heavy atom. The van der Waals surface area contributed by atoms with Gasteiger partial charge in [-0.05, 0) is 25.5 Å². The first-order valence-electron chi connectivity index (χ1n) is 4.55. The zero-order chi connectivity index (χ0) is 9.90. The normalized spacial score (nSPS) is 34.0. The van der Waals surface area contributed by atoms with Crippen molar-refractivity contribution >= 4 is 21.7 Å². The number of hydrogen-bond acceptors (Lipinski definition) is 3. The Kier molecular flexibility index (Phi) is 4.06. The highest BCUT2D eigenvalue weighted by molar-refractivity contribution is 7.99. The highest BCUT2D eigenvalue weighted by Gasteiger charge is 2.22. The van der Waals surface area contributed by atoms with Crippen molar-refractivity contribution < 1.29 is 4.21 Å². The van der Waals surface area contributed by atoms with Crippen LogP contribution in [0.4, 0.5) is 0 Å². The molecule has 3 unspecified atom stereocenters. The Bertz CT molecular complexity index is 251. The van der Waals surface area contributed by atoms with E-state index in [1.807, 2.05) is 11.8 Å². The van der Waals surface area contributed by atoms with Gasteiger partial charge >= 0.3 is 0 Å². The maximum Gasteiger partial charge on any atom is 0.102 e. The summed E-state index contributed by atoms with van der Waals surface area (Å²) in [6, 6.07) is 0.293. The van der Waals surface area contributed by atoms with Crippen LogP contribution >= 0.6 is 11.8 Å². The molecule has 0 aromatic carbocycles. The van der Waals surface area contributed by atoms with Crippen molar-refractivity contribution in [2.24, 2.45) is 0 Å². The quantitative estimate of drug-likeness (QED) is 0.765. The molecule has 0 aromatic rings. The maximum atomic E-state index is 11.2. The Labute approximate surface area is 85.2 Å². The van der Waals surface area contributed by atoms with E-state index in [-0.39, 0.29) is 0 Å². The second-order valence-electron chi connectivity index (χ2n) is 3.68. The van der Waals surface area contributed by atoms with Gasteiger partial charge in [0.25, 0.3) is 0 Å². The second kappa shape index (κ2) is 4.66. The summed E-state index contributed by atoms with van der Waals surface area (Å²) in [7, 11) is -2.51. The Morgan fingerprint density at radius 3 is 2.77 bits per heavy atom. The zero-order valence-electron chi connectivity index (χ0n) is 8.21. The van der Waals surface area contributed by atoms with Crippen molar-refractivity contribution in [2.45, 2.75) is 37.0 Å². The van der Waals surface area contributed by atoms with Gasteiger partial charge in [-0.15, -0.1) is 0 Å². The molecule has 1 aliphatic rings. The molecule has 78 valence electrons. The fourth-order valence-electron chi connectivity index (χ4n) is 1.78. The predicted molar refractivity (Wildman–Crippen MR) is 59.5 cm³/mol. The number of thioether (sulfide) groups is 1. The standard InChI is InChI=1S/C8H18N2OS2/c1-12-8-5-3-4-7(6-8)10-13(2,9)11/h7-8H,3-6H2,1-2H3,(H2,9,10,11). The van der Waals surface area contributed by atoms with Crippen molar-refractivity contribution in [3.63, 3.8) is 0 Å². The molecule has 0 saturated heterocycles. The maximum absolute atomic E-state index is 11.2. The fourth-order valence-corrected chi connectivity index (χ4v) is 3.46. The smallest absolute Gasteiger partial charge is 0.102 e. The van der Waals surface area contributed by atoms with Crippen LogP contribution in [0.3, 0.4) is 0 Å². The Hall–Kier alpha value is 0.260. The molecule has 0 amide bonds. The summed E-state index contributed by atoms with van der Waals surface area (Å²) >= 11 is 1.88. The van der Waals surface area contributed by atoms with Crippen molar-refractivity contribution in [2.75, 3.05) is 12.5 Å². The minimum atomic E-state index is -2.51. The van der Waals surface area contributed by atoms with Crippen LogP contribution in [-0.4, -0.2) is 28.0 Å². The summed E-state index contributed by atoms with van der Waals surface area (Å²) in [5, 5.41) is 0.688. The van der Waals surface area contributed by atoms with E-state index in [9.17, 15) is 4.21 Å². The summed E-state index contributed by atoms with van der Waals surface area (Å²) in [5.74, 6) is 0. The van der Waals surface area contributed by atoms with Gasteiger partial charge in [-0.3, -0.25) is 0 Å². The number of rotatable bonds is 3. The fraction of sp³-hybridized carbons (Fsp3) is 1.00. The van der Waals surface area contributed by atoms with E-state index in [2.05, 4.69) is 11.0 Å². The van der Waals surface area contributed by atoms with Gasteiger partial charge in [0.15, 0.2) is 0 Å². The molecule has 13 heavy (non-hydrogen) atoms. The van der Waals surface area contributed by atoms with Crippen molar-refractivity contribution in [3.8, 4) is 0 Å². The van der Waals surface area contributed by atoms with E-state index in [0.29, 0.717) is 11.3 Å². The SMILES string of the molecule is CSC1CCCC(NS(C)(=N)=O)C1. The topological polar surface area (TPSA) is 53.0 Å². The summed E-state index contributed by atoms with van der Waals surface area (Å²) < 4.78 is 21.4. The van der Waals surface area contributed by atoms with Crippen molar-refractivity contribution in [1.82, 2.24) is 4.72 Å². The van der Waals surface area contributed by atoms with Gasteiger partial charge in [-0.25, -0.2) is 13.7 Å². The molecule has 3 atom stereocenters. The summed E-state index contributed by atoms with van der Waals surface area (Å²) in [6.45, 7) is 0. The lowest BCUT2D eigenvalue weighted by atomic mass is 9.96.